The minimum atomic E-state index is -0.491. The van der Waals surface area contributed by atoms with E-state index in [2.05, 4.69) is 10.3 Å². The van der Waals surface area contributed by atoms with Crippen molar-refractivity contribution in [1.29, 1.82) is 0 Å². The van der Waals surface area contributed by atoms with Gasteiger partial charge in [-0.3, -0.25) is 0 Å². The van der Waals surface area contributed by atoms with Crippen molar-refractivity contribution < 1.29 is 9.50 Å². The van der Waals surface area contributed by atoms with E-state index in [-0.39, 0.29) is 10.8 Å². The first kappa shape index (κ1) is 12.7. The first-order valence-corrected chi connectivity index (χ1v) is 6.32. The molecule has 3 aromatic rings. The summed E-state index contributed by atoms with van der Waals surface area (Å²) < 4.78 is 13.4. The van der Waals surface area contributed by atoms with Crippen LogP contribution in [0, 0.1) is 5.82 Å². The minimum Gasteiger partial charge on any atom is -0.507 e. The number of nitrogens with zero attached hydrogens (tertiary/aromatic N) is 1. The van der Waals surface area contributed by atoms with E-state index in [4.69, 9.17) is 11.6 Å². The fourth-order valence-electron chi connectivity index (χ4n) is 1.93. The lowest BCUT2D eigenvalue weighted by Gasteiger charge is -2.08. The number of hydrogen-bond donors (Lipinski definition) is 2. The predicted molar refractivity (Wildman–Crippen MR) is 78.1 cm³/mol. The van der Waals surface area contributed by atoms with E-state index in [9.17, 15) is 9.50 Å². The second-order valence-electron chi connectivity index (χ2n) is 4.29. The molecule has 0 amide bonds. The van der Waals surface area contributed by atoms with Gasteiger partial charge in [-0.1, -0.05) is 17.7 Å². The molecule has 0 bridgehead atoms. The van der Waals surface area contributed by atoms with E-state index >= 15 is 0 Å². The molecular weight excluding hydrogens is 279 g/mol. The average Bonchev–Trinajstić information content (AvgIpc) is 2.43. The van der Waals surface area contributed by atoms with Crippen molar-refractivity contribution in [2.24, 2.45) is 0 Å². The number of aromatic nitrogens is 1. The van der Waals surface area contributed by atoms with Gasteiger partial charge in [0.05, 0.1) is 10.5 Å². The summed E-state index contributed by atoms with van der Waals surface area (Å²) in [6, 6.07) is 13.0. The third-order valence-electron chi connectivity index (χ3n) is 2.90. The summed E-state index contributed by atoms with van der Waals surface area (Å²) in [7, 11) is 0. The number of phenols is 1. The zero-order valence-electron chi connectivity index (χ0n) is 10.3. The molecular formula is C15H10ClFN2O. The molecule has 20 heavy (non-hydrogen) atoms. The SMILES string of the molecule is Oc1cccc2nc(Nc3ccc(Cl)c(F)c3)ccc12. The fourth-order valence-corrected chi connectivity index (χ4v) is 2.05. The van der Waals surface area contributed by atoms with E-state index < -0.39 is 5.82 Å². The van der Waals surface area contributed by atoms with Crippen molar-refractivity contribution in [3.8, 4) is 5.75 Å². The zero-order chi connectivity index (χ0) is 14.1. The third-order valence-corrected chi connectivity index (χ3v) is 3.21. The molecule has 5 heteroatoms. The molecule has 0 spiro atoms. The van der Waals surface area contributed by atoms with Gasteiger partial charge in [0, 0.05) is 11.1 Å². The number of anilines is 2. The van der Waals surface area contributed by atoms with Gasteiger partial charge in [-0.15, -0.1) is 0 Å². The van der Waals surface area contributed by atoms with E-state index in [1.165, 1.54) is 12.1 Å². The van der Waals surface area contributed by atoms with Gasteiger partial charge in [-0.2, -0.15) is 0 Å². The molecule has 2 N–H and O–H groups in total. The Morgan fingerprint density at radius 2 is 1.95 bits per heavy atom. The van der Waals surface area contributed by atoms with Gasteiger partial charge in [0.15, 0.2) is 0 Å². The second kappa shape index (κ2) is 4.98. The van der Waals surface area contributed by atoms with Crippen molar-refractivity contribution in [1.82, 2.24) is 4.98 Å². The van der Waals surface area contributed by atoms with Crippen LogP contribution < -0.4 is 5.32 Å². The Morgan fingerprint density at radius 1 is 1.10 bits per heavy atom. The second-order valence-corrected chi connectivity index (χ2v) is 4.70. The largest absolute Gasteiger partial charge is 0.507 e. The van der Waals surface area contributed by atoms with Crippen molar-refractivity contribution in [2.75, 3.05) is 5.32 Å². The Balaban J connectivity index is 1.96. The molecule has 3 nitrogen and oxygen atoms in total. The number of halogens is 2. The summed E-state index contributed by atoms with van der Waals surface area (Å²) >= 11 is 5.63. The number of phenolic OH excluding ortho intramolecular Hbond substituents is 1. The van der Waals surface area contributed by atoms with E-state index in [1.807, 2.05) is 0 Å². The van der Waals surface area contributed by atoms with Gasteiger partial charge in [-0.05, 0) is 42.5 Å². The van der Waals surface area contributed by atoms with Crippen molar-refractivity contribution >= 4 is 34.0 Å². The van der Waals surface area contributed by atoms with E-state index in [0.29, 0.717) is 22.4 Å². The molecule has 0 aliphatic rings. The molecule has 3 rings (SSSR count). The summed E-state index contributed by atoms with van der Waals surface area (Å²) in [5.74, 6) is 0.249. The smallest absolute Gasteiger partial charge is 0.143 e. The van der Waals surface area contributed by atoms with Crippen LogP contribution in [0.15, 0.2) is 48.5 Å². The minimum absolute atomic E-state index is 0.0759. The molecule has 1 heterocycles. The van der Waals surface area contributed by atoms with Gasteiger partial charge in [0.2, 0.25) is 0 Å². The van der Waals surface area contributed by atoms with E-state index in [1.54, 1.807) is 36.4 Å². The summed E-state index contributed by atoms with van der Waals surface area (Å²) in [6.07, 6.45) is 0. The maximum absolute atomic E-state index is 13.4. The van der Waals surface area contributed by atoms with Gasteiger partial charge in [0.25, 0.3) is 0 Å². The quantitative estimate of drug-likeness (QED) is 0.731. The van der Waals surface area contributed by atoms with Crippen LogP contribution in [0.2, 0.25) is 5.02 Å². The molecule has 2 aromatic carbocycles. The van der Waals surface area contributed by atoms with Crippen LogP contribution in [-0.2, 0) is 0 Å². The Kier molecular flexibility index (Phi) is 3.16. The molecule has 0 aliphatic heterocycles. The molecule has 0 saturated carbocycles. The van der Waals surface area contributed by atoms with Crippen LogP contribution in [-0.4, -0.2) is 10.1 Å². The normalized spacial score (nSPS) is 10.7. The number of fused-ring (bicyclic) bond motifs is 1. The van der Waals surface area contributed by atoms with Crippen LogP contribution in [0.4, 0.5) is 15.9 Å². The molecule has 0 unspecified atom stereocenters. The van der Waals surface area contributed by atoms with Crippen LogP contribution in [0.25, 0.3) is 10.9 Å². The fraction of sp³-hybridized carbons (Fsp3) is 0. The highest BCUT2D eigenvalue weighted by Crippen LogP contribution is 2.26. The molecule has 0 radical (unpaired) electrons. The standard InChI is InChI=1S/C15H10ClFN2O/c16-11-6-4-9(8-12(11)17)18-15-7-5-10-13(19-15)2-1-3-14(10)20/h1-8,20H,(H,18,19). The Hall–Kier alpha value is -2.33. The first-order chi connectivity index (χ1) is 9.63. The maximum Gasteiger partial charge on any atom is 0.143 e. The van der Waals surface area contributed by atoms with Crippen LogP contribution in [0.3, 0.4) is 0 Å². The molecule has 0 fully saturated rings. The topological polar surface area (TPSA) is 45.2 Å². The lowest BCUT2D eigenvalue weighted by atomic mass is 10.2. The van der Waals surface area contributed by atoms with Crippen molar-refractivity contribution in [3.63, 3.8) is 0 Å². The van der Waals surface area contributed by atoms with Gasteiger partial charge < -0.3 is 10.4 Å². The number of pyridine rings is 1. The van der Waals surface area contributed by atoms with Gasteiger partial charge >= 0.3 is 0 Å². The highest BCUT2D eigenvalue weighted by molar-refractivity contribution is 6.30. The van der Waals surface area contributed by atoms with E-state index in [0.717, 1.165) is 0 Å². The Bertz CT molecular complexity index is 792. The zero-order valence-corrected chi connectivity index (χ0v) is 11.0. The number of aromatic hydroxyl groups is 1. The summed E-state index contributed by atoms with van der Waals surface area (Å²) in [6.45, 7) is 0. The molecule has 1 aromatic heterocycles. The summed E-state index contributed by atoms with van der Waals surface area (Å²) in [4.78, 5) is 4.36. The molecule has 0 saturated heterocycles. The lowest BCUT2D eigenvalue weighted by Crippen LogP contribution is -1.94. The third kappa shape index (κ3) is 2.38. The van der Waals surface area contributed by atoms with Crippen LogP contribution in [0.5, 0.6) is 5.75 Å². The van der Waals surface area contributed by atoms with Crippen molar-refractivity contribution in [2.45, 2.75) is 0 Å². The van der Waals surface area contributed by atoms with Crippen LogP contribution >= 0.6 is 11.6 Å². The predicted octanol–water partition coefficient (Wildman–Crippen LogP) is 4.48. The Labute approximate surface area is 119 Å². The van der Waals surface area contributed by atoms with Gasteiger partial charge in [0.1, 0.15) is 17.4 Å². The van der Waals surface area contributed by atoms with Crippen LogP contribution in [0.1, 0.15) is 0 Å². The number of benzene rings is 2. The molecule has 0 aliphatic carbocycles. The number of nitrogens with one attached hydrogen (secondary N) is 1. The molecule has 0 atom stereocenters. The highest BCUT2D eigenvalue weighted by atomic mass is 35.5. The van der Waals surface area contributed by atoms with Gasteiger partial charge in [-0.25, -0.2) is 9.37 Å². The highest BCUT2D eigenvalue weighted by Gasteiger charge is 2.04. The average molecular weight is 289 g/mol. The molecule has 100 valence electrons. The Morgan fingerprint density at radius 3 is 2.75 bits per heavy atom. The number of hydrogen-bond acceptors (Lipinski definition) is 3. The monoisotopic (exact) mass is 288 g/mol. The van der Waals surface area contributed by atoms with Crippen molar-refractivity contribution in [3.05, 3.63) is 59.4 Å². The summed E-state index contributed by atoms with van der Waals surface area (Å²) in [5, 5.41) is 13.4. The maximum atomic E-state index is 13.4. The first-order valence-electron chi connectivity index (χ1n) is 5.94. The summed E-state index contributed by atoms with van der Waals surface area (Å²) in [5.41, 5.74) is 1.21. The number of rotatable bonds is 2. The lowest BCUT2D eigenvalue weighted by molar-refractivity contribution is 0.481.